The van der Waals surface area contributed by atoms with E-state index < -0.39 is 6.10 Å². The Morgan fingerprint density at radius 2 is 2.00 bits per heavy atom. The van der Waals surface area contributed by atoms with Crippen LogP contribution in [0.5, 0.6) is 0 Å². The third-order valence-corrected chi connectivity index (χ3v) is 4.09. The van der Waals surface area contributed by atoms with Crippen molar-refractivity contribution in [3.8, 4) is 0 Å². The number of hydrogen-bond acceptors (Lipinski definition) is 2. The maximum Gasteiger partial charge on any atom is 0.231 e. The smallest absolute Gasteiger partial charge is 0.231 e. The van der Waals surface area contributed by atoms with Crippen molar-refractivity contribution in [3.63, 3.8) is 0 Å². The van der Waals surface area contributed by atoms with Gasteiger partial charge in [-0.15, -0.1) is 0 Å². The summed E-state index contributed by atoms with van der Waals surface area (Å²) < 4.78 is 12.9. The molecule has 0 aromatic heterocycles. The van der Waals surface area contributed by atoms with Gasteiger partial charge < -0.3 is 10.0 Å². The average molecular weight is 299 g/mol. The van der Waals surface area contributed by atoms with Crippen molar-refractivity contribution in [2.45, 2.75) is 25.9 Å². The molecule has 114 valence electrons. The normalized spacial score (nSPS) is 17.2. The second-order valence-corrected chi connectivity index (χ2v) is 5.67. The van der Waals surface area contributed by atoms with Crippen LogP contribution < -0.4 is 4.90 Å². The number of hydrogen-bond donors (Lipinski definition) is 1. The number of carbonyl (C=O) groups is 1. The first kappa shape index (κ1) is 14.7. The van der Waals surface area contributed by atoms with Crippen LogP contribution in [0.25, 0.3) is 0 Å². The highest BCUT2D eigenvalue weighted by atomic mass is 19.1. The minimum absolute atomic E-state index is 0.0333. The lowest BCUT2D eigenvalue weighted by Crippen LogP contribution is -2.38. The lowest BCUT2D eigenvalue weighted by Gasteiger charge is -2.33. The van der Waals surface area contributed by atoms with E-state index in [1.165, 1.54) is 12.1 Å². The molecule has 1 N–H and O–H groups in total. The van der Waals surface area contributed by atoms with Gasteiger partial charge in [0.25, 0.3) is 0 Å². The molecule has 0 fully saturated rings. The van der Waals surface area contributed by atoms with Gasteiger partial charge in [0.2, 0.25) is 5.91 Å². The molecule has 4 heteroatoms. The molecule has 1 heterocycles. The highest BCUT2D eigenvalue weighted by molar-refractivity contribution is 5.96. The molecule has 2 aromatic carbocycles. The Hall–Kier alpha value is -2.20. The van der Waals surface area contributed by atoms with Crippen LogP contribution in [0.15, 0.2) is 42.5 Å². The summed E-state index contributed by atoms with van der Waals surface area (Å²) in [7, 11) is 0. The SMILES string of the molecule is Cc1cccc2c1N(C(=O)Cc1ccc(F)cc1)CCC2O. The number of rotatable bonds is 2. The first-order valence-corrected chi connectivity index (χ1v) is 7.38. The van der Waals surface area contributed by atoms with Crippen LogP contribution in [-0.4, -0.2) is 17.6 Å². The molecule has 3 rings (SSSR count). The predicted octanol–water partition coefficient (Wildman–Crippen LogP) is 3.15. The summed E-state index contributed by atoms with van der Waals surface area (Å²) in [5.74, 6) is -0.340. The molecule has 0 saturated heterocycles. The maximum atomic E-state index is 12.9. The number of carbonyl (C=O) groups excluding carboxylic acids is 1. The van der Waals surface area contributed by atoms with Crippen molar-refractivity contribution in [2.75, 3.05) is 11.4 Å². The van der Waals surface area contributed by atoms with E-state index in [1.54, 1.807) is 17.0 Å². The summed E-state index contributed by atoms with van der Waals surface area (Å²) in [4.78, 5) is 14.4. The summed E-state index contributed by atoms with van der Waals surface area (Å²) in [5.41, 5.74) is 3.38. The number of para-hydroxylation sites is 1. The van der Waals surface area contributed by atoms with Gasteiger partial charge in [-0.1, -0.05) is 30.3 Å². The van der Waals surface area contributed by atoms with Crippen molar-refractivity contribution in [3.05, 3.63) is 65.0 Å². The standard InChI is InChI=1S/C18H18FNO2/c1-12-3-2-4-15-16(21)9-10-20(18(12)15)17(22)11-13-5-7-14(19)8-6-13/h2-8,16,21H,9-11H2,1H3. The molecule has 1 amide bonds. The first-order chi connectivity index (χ1) is 10.6. The van der Waals surface area contributed by atoms with Gasteiger partial charge in [0.1, 0.15) is 5.82 Å². The van der Waals surface area contributed by atoms with Gasteiger partial charge in [-0.3, -0.25) is 4.79 Å². The van der Waals surface area contributed by atoms with E-state index >= 15 is 0 Å². The van der Waals surface area contributed by atoms with Gasteiger partial charge in [0.15, 0.2) is 0 Å². The second kappa shape index (κ2) is 5.89. The van der Waals surface area contributed by atoms with Gasteiger partial charge in [-0.05, 0) is 36.6 Å². The molecule has 3 nitrogen and oxygen atoms in total. The fourth-order valence-electron chi connectivity index (χ4n) is 2.96. The number of aliphatic hydroxyl groups is 1. The van der Waals surface area contributed by atoms with E-state index in [1.807, 2.05) is 25.1 Å². The number of halogens is 1. The molecule has 1 aliphatic heterocycles. The fraction of sp³-hybridized carbons (Fsp3) is 0.278. The molecule has 0 bridgehead atoms. The predicted molar refractivity (Wildman–Crippen MR) is 83.2 cm³/mol. The minimum atomic E-state index is -0.523. The van der Waals surface area contributed by atoms with E-state index in [9.17, 15) is 14.3 Å². The van der Waals surface area contributed by atoms with Crippen LogP contribution in [0, 0.1) is 12.7 Å². The molecule has 1 atom stereocenters. The zero-order valence-electron chi connectivity index (χ0n) is 12.4. The van der Waals surface area contributed by atoms with E-state index in [0.29, 0.717) is 13.0 Å². The van der Waals surface area contributed by atoms with Gasteiger partial charge >= 0.3 is 0 Å². The Morgan fingerprint density at radius 3 is 2.73 bits per heavy atom. The number of amides is 1. The summed E-state index contributed by atoms with van der Waals surface area (Å²) in [6.45, 7) is 2.44. The van der Waals surface area contributed by atoms with E-state index in [0.717, 1.165) is 22.4 Å². The lowest BCUT2D eigenvalue weighted by atomic mass is 9.95. The number of aliphatic hydroxyl groups excluding tert-OH is 1. The molecule has 22 heavy (non-hydrogen) atoms. The van der Waals surface area contributed by atoms with Crippen molar-refractivity contribution >= 4 is 11.6 Å². The van der Waals surface area contributed by atoms with E-state index in [4.69, 9.17) is 0 Å². The van der Waals surface area contributed by atoms with Crippen molar-refractivity contribution in [1.29, 1.82) is 0 Å². The highest BCUT2D eigenvalue weighted by Crippen LogP contribution is 2.36. The largest absolute Gasteiger partial charge is 0.388 e. The Labute approximate surface area is 129 Å². The van der Waals surface area contributed by atoms with E-state index in [2.05, 4.69) is 0 Å². The van der Waals surface area contributed by atoms with Crippen molar-refractivity contribution in [2.24, 2.45) is 0 Å². The zero-order chi connectivity index (χ0) is 15.7. The van der Waals surface area contributed by atoms with Crippen LogP contribution in [0.3, 0.4) is 0 Å². The third-order valence-electron chi connectivity index (χ3n) is 4.09. The van der Waals surface area contributed by atoms with Crippen molar-refractivity contribution < 1.29 is 14.3 Å². The lowest BCUT2D eigenvalue weighted by molar-refractivity contribution is -0.118. The minimum Gasteiger partial charge on any atom is -0.388 e. The summed E-state index contributed by atoms with van der Waals surface area (Å²) in [6, 6.07) is 11.7. The van der Waals surface area contributed by atoms with Gasteiger partial charge in [0.05, 0.1) is 18.2 Å². The van der Waals surface area contributed by atoms with Crippen LogP contribution in [0.2, 0.25) is 0 Å². The Morgan fingerprint density at radius 1 is 1.27 bits per heavy atom. The second-order valence-electron chi connectivity index (χ2n) is 5.67. The first-order valence-electron chi connectivity index (χ1n) is 7.38. The zero-order valence-corrected chi connectivity index (χ0v) is 12.4. The number of nitrogens with zero attached hydrogens (tertiary/aromatic N) is 1. The molecular formula is C18H18FNO2. The molecule has 1 unspecified atom stereocenters. The number of anilines is 1. The molecular weight excluding hydrogens is 281 g/mol. The Balaban J connectivity index is 1.88. The molecule has 0 radical (unpaired) electrons. The van der Waals surface area contributed by atoms with Crippen LogP contribution in [-0.2, 0) is 11.2 Å². The molecule has 0 saturated carbocycles. The van der Waals surface area contributed by atoms with Gasteiger partial charge in [-0.2, -0.15) is 0 Å². The number of fused-ring (bicyclic) bond motifs is 1. The maximum absolute atomic E-state index is 12.9. The van der Waals surface area contributed by atoms with Crippen LogP contribution in [0.1, 0.15) is 29.2 Å². The Bertz CT molecular complexity index is 697. The van der Waals surface area contributed by atoms with Gasteiger partial charge in [0, 0.05) is 12.1 Å². The monoisotopic (exact) mass is 299 g/mol. The molecule has 0 aliphatic carbocycles. The topological polar surface area (TPSA) is 40.5 Å². The molecule has 2 aromatic rings. The van der Waals surface area contributed by atoms with Gasteiger partial charge in [-0.25, -0.2) is 4.39 Å². The van der Waals surface area contributed by atoms with E-state index in [-0.39, 0.29) is 18.1 Å². The molecule has 1 aliphatic rings. The van der Waals surface area contributed by atoms with Crippen molar-refractivity contribution in [1.82, 2.24) is 0 Å². The fourth-order valence-corrected chi connectivity index (χ4v) is 2.96. The number of benzene rings is 2. The highest BCUT2D eigenvalue weighted by Gasteiger charge is 2.28. The van der Waals surface area contributed by atoms with Crippen LogP contribution >= 0.6 is 0 Å². The quantitative estimate of drug-likeness (QED) is 0.925. The number of aryl methyl sites for hydroxylation is 1. The van der Waals surface area contributed by atoms with Crippen LogP contribution in [0.4, 0.5) is 10.1 Å². The summed E-state index contributed by atoms with van der Waals surface area (Å²) in [6.07, 6.45) is 0.236. The summed E-state index contributed by atoms with van der Waals surface area (Å²) in [5, 5.41) is 10.1. The molecule has 0 spiro atoms. The Kier molecular flexibility index (Phi) is 3.94. The summed E-state index contributed by atoms with van der Waals surface area (Å²) >= 11 is 0. The third kappa shape index (κ3) is 2.74. The average Bonchev–Trinajstić information content (AvgIpc) is 2.51.